The lowest BCUT2D eigenvalue weighted by Crippen LogP contribution is -2.34. The van der Waals surface area contributed by atoms with Crippen LogP contribution in [0.25, 0.3) is 0 Å². The summed E-state index contributed by atoms with van der Waals surface area (Å²) in [7, 11) is 0. The van der Waals surface area contributed by atoms with E-state index in [1.807, 2.05) is 6.92 Å². The van der Waals surface area contributed by atoms with Gasteiger partial charge in [0.1, 0.15) is 11.6 Å². The number of pyridine rings is 1. The van der Waals surface area contributed by atoms with Crippen molar-refractivity contribution < 1.29 is 14.3 Å². The highest BCUT2D eigenvalue weighted by Crippen LogP contribution is 2.24. The Morgan fingerprint density at radius 3 is 3.00 bits per heavy atom. The Labute approximate surface area is 124 Å². The topological polar surface area (TPSA) is 65.5 Å². The summed E-state index contributed by atoms with van der Waals surface area (Å²) in [4.78, 5) is 18.2. The van der Waals surface area contributed by atoms with E-state index in [4.69, 9.17) is 0 Å². The fourth-order valence-corrected chi connectivity index (χ4v) is 2.55. The summed E-state index contributed by atoms with van der Waals surface area (Å²) >= 11 is 0. The highest BCUT2D eigenvalue weighted by Gasteiger charge is 2.28. The number of aromatic nitrogens is 1. The predicted octanol–water partition coefficient (Wildman–Crippen LogP) is 2.03. The van der Waals surface area contributed by atoms with E-state index in [0.717, 1.165) is 12.6 Å². The first-order chi connectivity index (χ1) is 9.93. The van der Waals surface area contributed by atoms with Crippen LogP contribution < -0.4 is 5.32 Å². The number of carbonyl (C=O) groups is 1. The van der Waals surface area contributed by atoms with Crippen LogP contribution in [0.2, 0.25) is 0 Å². The molecule has 6 heteroatoms. The van der Waals surface area contributed by atoms with Gasteiger partial charge in [-0.15, -0.1) is 0 Å². The SMILES string of the molecule is CCNc1ncc(F)cc1C(=O)N1CCCC(C)(O)CC1. The van der Waals surface area contributed by atoms with Crippen molar-refractivity contribution in [3.05, 3.63) is 23.6 Å². The summed E-state index contributed by atoms with van der Waals surface area (Å²) in [6.07, 6.45) is 3.02. The van der Waals surface area contributed by atoms with Gasteiger partial charge in [-0.05, 0) is 39.2 Å². The van der Waals surface area contributed by atoms with E-state index in [-0.39, 0.29) is 11.5 Å². The van der Waals surface area contributed by atoms with Gasteiger partial charge in [-0.3, -0.25) is 4.79 Å². The highest BCUT2D eigenvalue weighted by molar-refractivity contribution is 5.98. The van der Waals surface area contributed by atoms with Crippen LogP contribution in [0.1, 0.15) is 43.5 Å². The molecule has 5 nitrogen and oxygen atoms in total. The van der Waals surface area contributed by atoms with Crippen LogP contribution in [-0.4, -0.2) is 46.1 Å². The monoisotopic (exact) mass is 295 g/mol. The van der Waals surface area contributed by atoms with Crippen LogP contribution in [0, 0.1) is 5.82 Å². The van der Waals surface area contributed by atoms with E-state index in [2.05, 4.69) is 10.3 Å². The van der Waals surface area contributed by atoms with E-state index in [0.29, 0.717) is 38.3 Å². The Hall–Kier alpha value is -1.69. The summed E-state index contributed by atoms with van der Waals surface area (Å²) < 4.78 is 13.4. The average Bonchev–Trinajstić information content (AvgIpc) is 2.61. The highest BCUT2D eigenvalue weighted by atomic mass is 19.1. The minimum Gasteiger partial charge on any atom is -0.390 e. The number of aliphatic hydroxyl groups is 1. The molecule has 2 N–H and O–H groups in total. The minimum atomic E-state index is -0.736. The second kappa shape index (κ2) is 6.39. The molecule has 1 aromatic rings. The number of nitrogens with zero attached hydrogens (tertiary/aromatic N) is 2. The molecule has 1 amide bonds. The molecule has 0 aromatic carbocycles. The minimum absolute atomic E-state index is 0.240. The zero-order valence-corrected chi connectivity index (χ0v) is 12.5. The van der Waals surface area contributed by atoms with Crippen molar-refractivity contribution in [2.24, 2.45) is 0 Å². The zero-order chi connectivity index (χ0) is 15.5. The lowest BCUT2D eigenvalue weighted by Gasteiger charge is -2.23. The van der Waals surface area contributed by atoms with Gasteiger partial charge in [0.15, 0.2) is 0 Å². The van der Waals surface area contributed by atoms with Crippen LogP contribution >= 0.6 is 0 Å². The number of hydrogen-bond donors (Lipinski definition) is 2. The molecule has 2 heterocycles. The predicted molar refractivity (Wildman–Crippen MR) is 78.7 cm³/mol. The number of hydrogen-bond acceptors (Lipinski definition) is 4. The molecule has 1 fully saturated rings. The maximum atomic E-state index is 13.4. The van der Waals surface area contributed by atoms with Crippen LogP contribution in [-0.2, 0) is 0 Å². The number of anilines is 1. The van der Waals surface area contributed by atoms with Crippen molar-refractivity contribution in [1.29, 1.82) is 0 Å². The molecule has 1 atom stereocenters. The summed E-state index contributed by atoms with van der Waals surface area (Å²) in [6.45, 7) is 5.32. The van der Waals surface area contributed by atoms with Crippen molar-refractivity contribution in [2.45, 2.75) is 38.7 Å². The van der Waals surface area contributed by atoms with Crippen LogP contribution in [0.5, 0.6) is 0 Å². The number of carbonyl (C=O) groups excluding carboxylic acids is 1. The van der Waals surface area contributed by atoms with Gasteiger partial charge in [0.05, 0.1) is 17.4 Å². The number of amides is 1. The van der Waals surface area contributed by atoms with Gasteiger partial charge in [0, 0.05) is 19.6 Å². The molecular formula is C15H22FN3O2. The molecule has 1 aromatic heterocycles. The van der Waals surface area contributed by atoms with E-state index in [1.165, 1.54) is 6.07 Å². The zero-order valence-electron chi connectivity index (χ0n) is 12.5. The lowest BCUT2D eigenvalue weighted by molar-refractivity contribution is 0.0438. The second-order valence-electron chi connectivity index (χ2n) is 5.72. The van der Waals surface area contributed by atoms with Gasteiger partial charge < -0.3 is 15.3 Å². The summed E-state index contributed by atoms with van der Waals surface area (Å²) in [5.41, 5.74) is -0.488. The number of rotatable bonds is 3. The molecule has 116 valence electrons. The first-order valence-electron chi connectivity index (χ1n) is 7.34. The first kappa shape index (κ1) is 15.7. The summed E-state index contributed by atoms with van der Waals surface area (Å²) in [5, 5.41) is 13.1. The molecule has 2 rings (SSSR count). The molecule has 21 heavy (non-hydrogen) atoms. The first-order valence-corrected chi connectivity index (χ1v) is 7.34. The Bertz CT molecular complexity index is 520. The van der Waals surface area contributed by atoms with E-state index >= 15 is 0 Å². The maximum Gasteiger partial charge on any atom is 0.257 e. The van der Waals surface area contributed by atoms with Crippen LogP contribution in [0.3, 0.4) is 0 Å². The van der Waals surface area contributed by atoms with Gasteiger partial charge in [-0.1, -0.05) is 0 Å². The Kier molecular flexibility index (Phi) is 4.77. The molecule has 1 unspecified atom stereocenters. The van der Waals surface area contributed by atoms with Gasteiger partial charge >= 0.3 is 0 Å². The number of halogens is 1. The largest absolute Gasteiger partial charge is 0.390 e. The Morgan fingerprint density at radius 1 is 1.52 bits per heavy atom. The standard InChI is InChI=1S/C15H22FN3O2/c1-3-17-13-12(9-11(16)10-18-13)14(20)19-7-4-5-15(2,21)6-8-19/h9-10,21H,3-8H2,1-2H3,(H,17,18). The third-order valence-electron chi connectivity index (χ3n) is 3.78. The second-order valence-corrected chi connectivity index (χ2v) is 5.72. The molecule has 0 saturated carbocycles. The normalized spacial score (nSPS) is 22.8. The molecule has 0 radical (unpaired) electrons. The van der Waals surface area contributed by atoms with Crippen molar-refractivity contribution >= 4 is 11.7 Å². The van der Waals surface area contributed by atoms with Gasteiger partial charge in [0.25, 0.3) is 5.91 Å². The Balaban J connectivity index is 2.21. The quantitative estimate of drug-likeness (QED) is 0.895. The van der Waals surface area contributed by atoms with E-state index in [1.54, 1.807) is 11.8 Å². The van der Waals surface area contributed by atoms with Gasteiger partial charge in [0.2, 0.25) is 0 Å². The van der Waals surface area contributed by atoms with Gasteiger partial charge in [-0.25, -0.2) is 9.37 Å². The smallest absolute Gasteiger partial charge is 0.257 e. The third kappa shape index (κ3) is 3.91. The summed E-state index contributed by atoms with van der Waals surface area (Å²) in [5.74, 6) is -0.364. The average molecular weight is 295 g/mol. The van der Waals surface area contributed by atoms with Crippen LogP contribution in [0.4, 0.5) is 10.2 Å². The lowest BCUT2D eigenvalue weighted by atomic mass is 9.98. The Morgan fingerprint density at radius 2 is 2.29 bits per heavy atom. The molecule has 0 aliphatic carbocycles. The van der Waals surface area contributed by atoms with E-state index in [9.17, 15) is 14.3 Å². The molecule has 1 aliphatic heterocycles. The van der Waals surface area contributed by atoms with Crippen LogP contribution in [0.15, 0.2) is 12.3 Å². The summed E-state index contributed by atoms with van der Waals surface area (Å²) in [6, 6.07) is 1.22. The maximum absolute atomic E-state index is 13.4. The molecule has 1 saturated heterocycles. The molecule has 1 aliphatic rings. The third-order valence-corrected chi connectivity index (χ3v) is 3.78. The number of nitrogens with one attached hydrogen (secondary N) is 1. The van der Waals surface area contributed by atoms with Crippen molar-refractivity contribution in [3.8, 4) is 0 Å². The fourth-order valence-electron chi connectivity index (χ4n) is 2.55. The molecular weight excluding hydrogens is 273 g/mol. The van der Waals surface area contributed by atoms with E-state index < -0.39 is 11.4 Å². The number of likely N-dealkylation sites (tertiary alicyclic amines) is 1. The molecule has 0 bridgehead atoms. The van der Waals surface area contributed by atoms with Crippen molar-refractivity contribution in [3.63, 3.8) is 0 Å². The fraction of sp³-hybridized carbons (Fsp3) is 0.600. The van der Waals surface area contributed by atoms with Crippen molar-refractivity contribution in [2.75, 3.05) is 25.0 Å². The van der Waals surface area contributed by atoms with Gasteiger partial charge in [-0.2, -0.15) is 0 Å². The van der Waals surface area contributed by atoms with Crippen molar-refractivity contribution in [1.82, 2.24) is 9.88 Å². The molecule has 0 spiro atoms.